The monoisotopic (exact) mass is 313 g/mol. The van der Waals surface area contributed by atoms with Crippen LogP contribution in [0, 0.1) is 0 Å². The molecule has 0 saturated carbocycles. The molecule has 1 saturated heterocycles. The molecule has 0 spiro atoms. The molecule has 0 bridgehead atoms. The van der Waals surface area contributed by atoms with E-state index in [1.807, 2.05) is 0 Å². The lowest BCUT2D eigenvalue weighted by Crippen LogP contribution is -2.36. The summed E-state index contributed by atoms with van der Waals surface area (Å²) in [5, 5.41) is 2.93. The average molecular weight is 313 g/mol. The summed E-state index contributed by atoms with van der Waals surface area (Å²) in [5.41, 5.74) is 4.62. The molecule has 5 rings (SSSR count). The summed E-state index contributed by atoms with van der Waals surface area (Å²) in [4.78, 5) is 2.73. The van der Waals surface area contributed by atoms with E-state index in [2.05, 4.69) is 71.6 Å². The van der Waals surface area contributed by atoms with Gasteiger partial charge in [0.25, 0.3) is 0 Å². The Labute approximate surface area is 143 Å². The third-order valence-electron chi connectivity index (χ3n) is 6.04. The summed E-state index contributed by atoms with van der Waals surface area (Å²) >= 11 is 0. The number of nitrogens with zero attached hydrogens (tertiary/aromatic N) is 1. The summed E-state index contributed by atoms with van der Waals surface area (Å²) in [7, 11) is 0. The predicted octanol–water partition coefficient (Wildman–Crippen LogP) is 5.32. The first-order valence-electron chi connectivity index (χ1n) is 9.20. The van der Waals surface area contributed by atoms with Gasteiger partial charge in [-0.2, -0.15) is 0 Å². The topological polar surface area (TPSA) is 3.24 Å². The van der Waals surface area contributed by atoms with Gasteiger partial charge in [0.2, 0.25) is 0 Å². The summed E-state index contributed by atoms with van der Waals surface area (Å²) in [5.74, 6) is 0.738. The van der Waals surface area contributed by atoms with E-state index < -0.39 is 0 Å². The van der Waals surface area contributed by atoms with Gasteiger partial charge in [-0.1, -0.05) is 66.7 Å². The van der Waals surface area contributed by atoms with Crippen LogP contribution >= 0.6 is 0 Å². The molecule has 0 amide bonds. The van der Waals surface area contributed by atoms with Crippen molar-refractivity contribution in [2.45, 2.75) is 31.2 Å². The van der Waals surface area contributed by atoms with E-state index in [4.69, 9.17) is 0 Å². The Morgan fingerprint density at radius 2 is 1.50 bits per heavy atom. The molecular formula is C23H23N. The summed E-state index contributed by atoms with van der Waals surface area (Å²) < 4.78 is 0. The highest BCUT2D eigenvalue weighted by Crippen LogP contribution is 2.42. The first kappa shape index (κ1) is 14.2. The molecule has 1 nitrogen and oxygen atoms in total. The van der Waals surface area contributed by atoms with Crippen molar-refractivity contribution < 1.29 is 0 Å². The number of rotatable bonds is 2. The molecular weight excluding hydrogens is 290 g/mol. The van der Waals surface area contributed by atoms with Crippen molar-refractivity contribution in [1.82, 2.24) is 4.90 Å². The fourth-order valence-electron chi connectivity index (χ4n) is 4.81. The van der Waals surface area contributed by atoms with Gasteiger partial charge >= 0.3 is 0 Å². The third kappa shape index (κ3) is 2.27. The maximum atomic E-state index is 2.73. The Morgan fingerprint density at radius 1 is 0.750 bits per heavy atom. The van der Waals surface area contributed by atoms with E-state index in [0.717, 1.165) is 5.92 Å². The van der Waals surface area contributed by atoms with Crippen molar-refractivity contribution >= 4 is 10.8 Å². The fourth-order valence-corrected chi connectivity index (χ4v) is 4.81. The quantitative estimate of drug-likeness (QED) is 0.619. The fraction of sp³-hybridized carbons (Fsp3) is 0.304. The van der Waals surface area contributed by atoms with Crippen LogP contribution in [-0.2, 0) is 6.42 Å². The molecule has 0 radical (unpaired) electrons. The molecule has 1 aliphatic heterocycles. The van der Waals surface area contributed by atoms with Crippen molar-refractivity contribution in [3.8, 4) is 0 Å². The lowest BCUT2D eigenvalue weighted by Gasteiger charge is -2.36. The van der Waals surface area contributed by atoms with Gasteiger partial charge in [0.15, 0.2) is 0 Å². The highest BCUT2D eigenvalue weighted by atomic mass is 15.2. The van der Waals surface area contributed by atoms with Crippen LogP contribution in [0.2, 0.25) is 0 Å². The van der Waals surface area contributed by atoms with Crippen LogP contribution in [0.15, 0.2) is 66.7 Å². The van der Waals surface area contributed by atoms with Crippen molar-refractivity contribution in [1.29, 1.82) is 0 Å². The molecule has 3 aromatic carbocycles. The number of hydrogen-bond acceptors (Lipinski definition) is 1. The molecule has 3 aromatic rings. The largest absolute Gasteiger partial charge is 0.296 e. The zero-order chi connectivity index (χ0) is 15.9. The second kappa shape index (κ2) is 5.75. The van der Waals surface area contributed by atoms with Crippen molar-refractivity contribution in [2.75, 3.05) is 13.1 Å². The van der Waals surface area contributed by atoms with E-state index in [1.165, 1.54) is 48.7 Å². The maximum Gasteiger partial charge on any atom is 0.0394 e. The Kier molecular flexibility index (Phi) is 3.41. The van der Waals surface area contributed by atoms with Crippen molar-refractivity contribution in [2.24, 2.45) is 0 Å². The van der Waals surface area contributed by atoms with Gasteiger partial charge in [-0.05, 0) is 65.7 Å². The number of likely N-dealkylation sites (tertiary alicyclic amines) is 1. The third-order valence-corrected chi connectivity index (χ3v) is 6.04. The van der Waals surface area contributed by atoms with Gasteiger partial charge in [-0.3, -0.25) is 4.90 Å². The van der Waals surface area contributed by atoms with E-state index in [1.54, 1.807) is 11.1 Å². The number of piperidine rings is 1. The summed E-state index contributed by atoms with van der Waals surface area (Å²) in [6.45, 7) is 2.43. The van der Waals surface area contributed by atoms with Crippen LogP contribution in [-0.4, -0.2) is 18.0 Å². The molecule has 0 aromatic heterocycles. The number of hydrogen-bond donors (Lipinski definition) is 0. The molecule has 1 atom stereocenters. The van der Waals surface area contributed by atoms with Crippen LogP contribution in [0.1, 0.15) is 41.5 Å². The van der Waals surface area contributed by atoms with Crippen LogP contribution in [0.4, 0.5) is 0 Å². The minimum Gasteiger partial charge on any atom is -0.296 e. The van der Waals surface area contributed by atoms with Crippen LogP contribution in [0.25, 0.3) is 10.8 Å². The molecule has 1 aliphatic carbocycles. The van der Waals surface area contributed by atoms with Crippen molar-refractivity contribution in [3.63, 3.8) is 0 Å². The molecule has 1 heterocycles. The van der Waals surface area contributed by atoms with Crippen LogP contribution < -0.4 is 0 Å². The molecule has 24 heavy (non-hydrogen) atoms. The average Bonchev–Trinajstić information content (AvgIpc) is 3.04. The lowest BCUT2D eigenvalue weighted by molar-refractivity contribution is 0.155. The van der Waals surface area contributed by atoms with Gasteiger partial charge in [0.05, 0.1) is 0 Å². The first-order valence-corrected chi connectivity index (χ1v) is 9.20. The van der Waals surface area contributed by atoms with Gasteiger partial charge in [0.1, 0.15) is 0 Å². The van der Waals surface area contributed by atoms with Gasteiger partial charge in [-0.25, -0.2) is 0 Å². The molecule has 120 valence electrons. The normalized spacial score (nSPS) is 21.4. The SMILES string of the molecule is c1ccc(C2CCN([C@@H]3Cc4cccc5cccc3c45)CC2)cc1. The van der Waals surface area contributed by atoms with E-state index in [0.29, 0.717) is 6.04 Å². The Hall–Kier alpha value is -2.12. The highest BCUT2D eigenvalue weighted by molar-refractivity contribution is 5.91. The van der Waals surface area contributed by atoms with E-state index >= 15 is 0 Å². The van der Waals surface area contributed by atoms with Gasteiger partial charge in [-0.15, -0.1) is 0 Å². The van der Waals surface area contributed by atoms with Crippen molar-refractivity contribution in [3.05, 3.63) is 83.4 Å². The summed E-state index contributed by atoms with van der Waals surface area (Å²) in [6.07, 6.45) is 3.76. The molecule has 0 N–H and O–H groups in total. The second-order valence-corrected chi connectivity index (χ2v) is 7.30. The lowest BCUT2D eigenvalue weighted by atomic mass is 9.88. The van der Waals surface area contributed by atoms with Crippen LogP contribution in [0.5, 0.6) is 0 Å². The maximum absolute atomic E-state index is 2.73. The molecule has 1 heteroatoms. The first-order chi connectivity index (χ1) is 11.9. The molecule has 2 aliphatic rings. The number of benzene rings is 3. The predicted molar refractivity (Wildman–Crippen MR) is 100 cm³/mol. The zero-order valence-corrected chi connectivity index (χ0v) is 14.0. The minimum absolute atomic E-state index is 0.586. The molecule has 0 unspecified atom stereocenters. The van der Waals surface area contributed by atoms with Crippen LogP contribution in [0.3, 0.4) is 0 Å². The summed E-state index contributed by atoms with van der Waals surface area (Å²) in [6, 6.07) is 25.3. The van der Waals surface area contributed by atoms with Gasteiger partial charge < -0.3 is 0 Å². The Balaban J connectivity index is 1.38. The minimum atomic E-state index is 0.586. The van der Waals surface area contributed by atoms with E-state index in [9.17, 15) is 0 Å². The standard InChI is InChI=1S/C23H23N/c1-2-6-17(7-3-1)18-12-14-24(15-13-18)22-16-20-10-4-8-19-9-5-11-21(22)23(19)20/h1-11,18,22H,12-16H2/t22-/m1/s1. The van der Waals surface area contributed by atoms with E-state index in [-0.39, 0.29) is 0 Å². The Morgan fingerprint density at radius 3 is 2.29 bits per heavy atom. The zero-order valence-electron chi connectivity index (χ0n) is 14.0. The second-order valence-electron chi connectivity index (χ2n) is 7.30. The Bertz CT molecular complexity index is 854. The smallest absolute Gasteiger partial charge is 0.0394 e. The highest BCUT2D eigenvalue weighted by Gasteiger charge is 2.31. The van der Waals surface area contributed by atoms with Gasteiger partial charge in [0, 0.05) is 6.04 Å². The molecule has 1 fully saturated rings.